The van der Waals surface area contributed by atoms with Crippen molar-refractivity contribution in [3.05, 3.63) is 23.3 Å². The number of rotatable bonds is 5. The molecule has 0 bridgehead atoms. The summed E-state index contributed by atoms with van der Waals surface area (Å²) in [4.78, 5) is 15.0. The van der Waals surface area contributed by atoms with E-state index in [1.54, 1.807) is 12.1 Å². The lowest BCUT2D eigenvalue weighted by Crippen LogP contribution is -2.46. The summed E-state index contributed by atoms with van der Waals surface area (Å²) >= 11 is 0. The van der Waals surface area contributed by atoms with Crippen LogP contribution in [0.15, 0.2) is 12.1 Å². The molecule has 3 rings (SSSR count). The Morgan fingerprint density at radius 3 is 2.83 bits per heavy atom. The van der Waals surface area contributed by atoms with Crippen LogP contribution in [0.25, 0.3) is 0 Å². The van der Waals surface area contributed by atoms with Crippen molar-refractivity contribution in [3.8, 4) is 11.5 Å². The van der Waals surface area contributed by atoms with Gasteiger partial charge in [-0.05, 0) is 36.1 Å². The highest BCUT2D eigenvalue weighted by atomic mass is 16.5. The van der Waals surface area contributed by atoms with E-state index in [0.717, 1.165) is 36.9 Å². The van der Waals surface area contributed by atoms with E-state index in [1.165, 1.54) is 0 Å². The summed E-state index contributed by atoms with van der Waals surface area (Å²) in [5.74, 6) is 0.0243. The lowest BCUT2D eigenvalue weighted by molar-refractivity contribution is -0.129. The summed E-state index contributed by atoms with van der Waals surface area (Å²) in [5, 5.41) is 0. The number of piperidine rings is 1. The summed E-state index contributed by atoms with van der Waals surface area (Å²) in [5.41, 5.74) is 1.68. The molecule has 0 spiro atoms. The third kappa shape index (κ3) is 3.09. The maximum absolute atomic E-state index is 12.7. The fourth-order valence-corrected chi connectivity index (χ4v) is 3.82. The minimum Gasteiger partial charge on any atom is -0.493 e. The Morgan fingerprint density at radius 2 is 2.09 bits per heavy atom. The molecule has 2 aliphatic rings. The van der Waals surface area contributed by atoms with Gasteiger partial charge >= 0.3 is 0 Å². The number of methoxy groups -OCH3 is 2. The standard InChI is InChI=1S/C19H27NO3/c1-4-5-6-14-12-20-8-7-13-9-18(22-2)19(23-3)10-15(13)16(20)11-17(14)21/h9-10,14,16H,4-8,11-12H2,1-3H3/i2D3,3D3. The number of ketones is 1. The van der Waals surface area contributed by atoms with E-state index in [1.807, 2.05) is 0 Å². The van der Waals surface area contributed by atoms with Gasteiger partial charge in [0.15, 0.2) is 11.5 Å². The number of Topliss-reactive ketones (excluding diaryl/α,β-unsaturated/α-hetero) is 1. The SMILES string of the molecule is [2H]C([2H])([2H])Oc1cc2c(cc1OC([2H])([2H])[2H])C1CC(=O)C(CCCC)CN1CC2. The topological polar surface area (TPSA) is 38.8 Å². The molecule has 2 unspecified atom stereocenters. The van der Waals surface area contributed by atoms with Crippen LogP contribution in [0.1, 0.15) is 58.0 Å². The molecule has 0 radical (unpaired) electrons. The Labute approximate surface area is 147 Å². The molecular weight excluding hydrogens is 290 g/mol. The van der Waals surface area contributed by atoms with E-state index in [9.17, 15) is 4.79 Å². The average Bonchev–Trinajstić information content (AvgIpc) is 2.58. The van der Waals surface area contributed by atoms with Gasteiger partial charge in [-0.15, -0.1) is 0 Å². The lowest BCUT2D eigenvalue weighted by Gasteiger charge is -2.43. The van der Waals surface area contributed by atoms with Gasteiger partial charge in [-0.2, -0.15) is 0 Å². The molecular formula is C19H27NO3. The third-order valence-corrected chi connectivity index (χ3v) is 5.10. The maximum atomic E-state index is 12.7. The third-order valence-electron chi connectivity index (χ3n) is 5.10. The molecule has 0 N–H and O–H groups in total. The Hall–Kier alpha value is -1.55. The van der Waals surface area contributed by atoms with Crippen LogP contribution < -0.4 is 9.47 Å². The normalized spacial score (nSPS) is 29.0. The molecule has 4 nitrogen and oxygen atoms in total. The molecule has 1 saturated heterocycles. The summed E-state index contributed by atoms with van der Waals surface area (Å²) in [6.07, 6.45) is 4.01. The van der Waals surface area contributed by atoms with Crippen LogP contribution in [-0.2, 0) is 11.2 Å². The Bertz CT molecular complexity index is 762. The summed E-state index contributed by atoms with van der Waals surface area (Å²) in [7, 11) is -5.47. The number of unbranched alkanes of at least 4 members (excludes halogenated alkanes) is 1. The number of benzene rings is 1. The maximum Gasteiger partial charge on any atom is 0.161 e. The Kier molecular flexibility index (Phi) is 3.11. The predicted molar refractivity (Wildman–Crippen MR) is 90.2 cm³/mol. The highest BCUT2D eigenvalue weighted by Gasteiger charge is 2.38. The molecule has 1 aromatic carbocycles. The molecule has 0 saturated carbocycles. The zero-order chi connectivity index (χ0) is 21.4. The quantitative estimate of drug-likeness (QED) is 0.833. The van der Waals surface area contributed by atoms with Gasteiger partial charge in [-0.25, -0.2) is 0 Å². The Morgan fingerprint density at radius 1 is 1.30 bits per heavy atom. The second-order valence-electron chi connectivity index (χ2n) is 6.47. The van der Waals surface area contributed by atoms with E-state index in [2.05, 4.69) is 11.8 Å². The van der Waals surface area contributed by atoms with Crippen molar-refractivity contribution in [2.24, 2.45) is 5.92 Å². The van der Waals surface area contributed by atoms with Crippen LogP contribution >= 0.6 is 0 Å². The summed E-state index contributed by atoms with van der Waals surface area (Å²) < 4.78 is 54.3. The Balaban J connectivity index is 1.93. The second kappa shape index (κ2) is 6.91. The van der Waals surface area contributed by atoms with Crippen molar-refractivity contribution in [1.29, 1.82) is 0 Å². The zero-order valence-corrected chi connectivity index (χ0v) is 13.4. The van der Waals surface area contributed by atoms with Crippen LogP contribution in [0.4, 0.5) is 0 Å². The van der Waals surface area contributed by atoms with Crippen molar-refractivity contribution in [1.82, 2.24) is 4.90 Å². The van der Waals surface area contributed by atoms with Gasteiger partial charge in [0, 0.05) is 31.5 Å². The fraction of sp³-hybridized carbons (Fsp3) is 0.632. The number of carbonyl (C=O) groups excluding carboxylic acids is 1. The number of fused-ring (bicyclic) bond motifs is 3. The molecule has 1 fully saturated rings. The highest BCUT2D eigenvalue weighted by molar-refractivity contribution is 5.83. The van der Waals surface area contributed by atoms with Crippen molar-refractivity contribution in [3.63, 3.8) is 0 Å². The van der Waals surface area contributed by atoms with Crippen LogP contribution in [0.5, 0.6) is 11.5 Å². The van der Waals surface area contributed by atoms with E-state index >= 15 is 0 Å². The number of nitrogens with zero attached hydrogens (tertiary/aromatic N) is 1. The second-order valence-corrected chi connectivity index (χ2v) is 6.47. The molecule has 0 aliphatic carbocycles. The highest BCUT2D eigenvalue weighted by Crippen LogP contribution is 2.42. The van der Waals surface area contributed by atoms with Crippen molar-refractivity contribution in [2.75, 3.05) is 27.2 Å². The van der Waals surface area contributed by atoms with Crippen LogP contribution in [0, 0.1) is 5.92 Å². The number of hydrogen-bond acceptors (Lipinski definition) is 4. The smallest absolute Gasteiger partial charge is 0.161 e. The van der Waals surface area contributed by atoms with Crippen LogP contribution in [0.3, 0.4) is 0 Å². The summed E-state index contributed by atoms with van der Waals surface area (Å²) in [6, 6.07) is 2.94. The molecule has 0 amide bonds. The minimum absolute atomic E-state index is 0.0454. The van der Waals surface area contributed by atoms with E-state index in [4.69, 9.17) is 17.7 Å². The molecule has 2 aliphatic heterocycles. The predicted octanol–water partition coefficient (Wildman–Crippen LogP) is 3.38. The van der Waals surface area contributed by atoms with Crippen LogP contribution in [-0.4, -0.2) is 37.8 Å². The first kappa shape index (κ1) is 10.3. The van der Waals surface area contributed by atoms with Gasteiger partial charge in [-0.1, -0.05) is 19.8 Å². The zero-order valence-electron chi connectivity index (χ0n) is 19.4. The number of carbonyl (C=O) groups is 1. The largest absolute Gasteiger partial charge is 0.493 e. The van der Waals surface area contributed by atoms with E-state index < -0.39 is 14.1 Å². The van der Waals surface area contributed by atoms with Gasteiger partial charge in [0.1, 0.15) is 5.78 Å². The lowest BCUT2D eigenvalue weighted by atomic mass is 9.81. The van der Waals surface area contributed by atoms with Crippen molar-refractivity contribution < 1.29 is 22.5 Å². The molecule has 0 aromatic heterocycles. The first-order chi connectivity index (χ1) is 13.5. The van der Waals surface area contributed by atoms with E-state index in [0.29, 0.717) is 19.4 Å². The molecule has 4 heteroatoms. The van der Waals surface area contributed by atoms with Gasteiger partial charge in [-0.3, -0.25) is 9.69 Å². The van der Waals surface area contributed by atoms with E-state index in [-0.39, 0.29) is 29.2 Å². The average molecular weight is 323 g/mol. The fourth-order valence-electron chi connectivity index (χ4n) is 3.82. The van der Waals surface area contributed by atoms with Crippen molar-refractivity contribution >= 4 is 5.78 Å². The molecule has 2 heterocycles. The summed E-state index contributed by atoms with van der Waals surface area (Å²) in [6.45, 7) is 3.57. The van der Waals surface area contributed by atoms with Gasteiger partial charge < -0.3 is 9.47 Å². The van der Waals surface area contributed by atoms with Gasteiger partial charge in [0.05, 0.1) is 22.3 Å². The first-order valence-electron chi connectivity index (χ1n) is 11.3. The molecule has 2 atom stereocenters. The number of hydrogen-bond donors (Lipinski definition) is 0. The molecule has 1 aromatic rings. The first-order valence-corrected chi connectivity index (χ1v) is 8.28. The van der Waals surface area contributed by atoms with Crippen molar-refractivity contribution in [2.45, 2.75) is 45.1 Å². The molecule has 23 heavy (non-hydrogen) atoms. The van der Waals surface area contributed by atoms with Gasteiger partial charge in [0.25, 0.3) is 0 Å². The molecule has 126 valence electrons. The minimum atomic E-state index is -2.75. The monoisotopic (exact) mass is 323 g/mol. The van der Waals surface area contributed by atoms with Crippen LogP contribution in [0.2, 0.25) is 0 Å². The number of ether oxygens (including phenoxy) is 2. The van der Waals surface area contributed by atoms with Gasteiger partial charge in [0.2, 0.25) is 0 Å².